The van der Waals surface area contributed by atoms with Gasteiger partial charge in [0, 0.05) is 4.47 Å². The number of benzene rings is 1. The fourth-order valence-corrected chi connectivity index (χ4v) is 1.06. The largest absolute Gasteiger partial charge is 0.297 e. The molecule has 0 aliphatic carbocycles. The van der Waals surface area contributed by atoms with Crippen LogP contribution in [0.25, 0.3) is 0 Å². The van der Waals surface area contributed by atoms with Crippen LogP contribution in [-0.4, -0.2) is 6.41 Å². The van der Waals surface area contributed by atoms with E-state index in [-0.39, 0.29) is 0 Å². The second-order valence-electron chi connectivity index (χ2n) is 2.49. The summed E-state index contributed by atoms with van der Waals surface area (Å²) in [5.41, 5.74) is 4.35. The zero-order valence-corrected chi connectivity index (χ0v) is 9.26. The molecule has 1 aromatic rings. The number of nitrogens with one attached hydrogen (secondary N) is 1. The molecule has 0 bridgehead atoms. The van der Waals surface area contributed by atoms with Gasteiger partial charge >= 0.3 is 0 Å². The number of halogens is 1. The van der Waals surface area contributed by atoms with E-state index in [0.717, 1.165) is 0 Å². The summed E-state index contributed by atoms with van der Waals surface area (Å²) in [4.78, 5) is 8.94. The zero-order chi connectivity index (χ0) is 10.3. The molecule has 0 saturated heterocycles. The Morgan fingerprint density at radius 1 is 1.38 bits per heavy atom. The third-order valence-corrected chi connectivity index (χ3v) is 2.70. The van der Waals surface area contributed by atoms with Crippen molar-refractivity contribution in [3.05, 3.63) is 33.8 Å². The Morgan fingerprint density at radius 3 is 2.00 bits per heavy atom. The molecule has 0 heterocycles. The number of hydrogen-bond donors (Lipinski definition) is 2. The maximum absolute atomic E-state index is 8.94. The highest BCUT2D eigenvalue weighted by atomic mass is 79.9. The van der Waals surface area contributed by atoms with E-state index >= 15 is 0 Å². The standard InChI is InChI=1S/C8H9Br.CH4N2O/c1-6-4-3-5-7(2)8(6)9;2-3-1-4/h3-5H,1-2H3;1H,2H2,(H,3,4). The van der Waals surface area contributed by atoms with E-state index in [9.17, 15) is 0 Å². The van der Waals surface area contributed by atoms with Crippen molar-refractivity contribution in [1.29, 1.82) is 0 Å². The molecular formula is C9H13BrN2O. The predicted molar refractivity (Wildman–Crippen MR) is 57.0 cm³/mol. The predicted octanol–water partition coefficient (Wildman–Crippen LogP) is 1.67. The molecule has 72 valence electrons. The van der Waals surface area contributed by atoms with Crippen LogP contribution in [0.5, 0.6) is 0 Å². The van der Waals surface area contributed by atoms with E-state index in [0.29, 0.717) is 6.41 Å². The molecule has 1 rings (SSSR count). The average Bonchev–Trinajstić information content (AvgIpc) is 2.14. The molecule has 4 heteroatoms. The highest BCUT2D eigenvalue weighted by Gasteiger charge is 1.93. The van der Waals surface area contributed by atoms with E-state index in [1.54, 1.807) is 5.43 Å². The van der Waals surface area contributed by atoms with E-state index in [2.05, 4.69) is 53.8 Å². The maximum atomic E-state index is 8.94. The van der Waals surface area contributed by atoms with Gasteiger partial charge in [-0.05, 0) is 25.0 Å². The van der Waals surface area contributed by atoms with E-state index in [1.165, 1.54) is 15.6 Å². The van der Waals surface area contributed by atoms with E-state index in [4.69, 9.17) is 4.79 Å². The molecule has 0 aliphatic heterocycles. The Labute approximate surface area is 86.4 Å². The van der Waals surface area contributed by atoms with Crippen molar-refractivity contribution in [1.82, 2.24) is 5.43 Å². The number of carbonyl (C=O) groups excluding carboxylic acids is 1. The highest BCUT2D eigenvalue weighted by molar-refractivity contribution is 9.10. The Bertz CT molecular complexity index is 256. The quantitative estimate of drug-likeness (QED) is 0.342. The average molecular weight is 245 g/mol. The van der Waals surface area contributed by atoms with Crippen molar-refractivity contribution in [2.45, 2.75) is 13.8 Å². The van der Waals surface area contributed by atoms with Crippen LogP contribution < -0.4 is 11.3 Å². The van der Waals surface area contributed by atoms with Crippen LogP contribution in [0.4, 0.5) is 0 Å². The molecule has 0 spiro atoms. The number of hydrazine groups is 1. The molecule has 0 saturated carbocycles. The molecule has 13 heavy (non-hydrogen) atoms. The first-order chi connectivity index (χ1) is 6.13. The van der Waals surface area contributed by atoms with Gasteiger partial charge in [-0.25, -0.2) is 5.84 Å². The topological polar surface area (TPSA) is 55.1 Å². The van der Waals surface area contributed by atoms with Crippen LogP contribution in [0, 0.1) is 13.8 Å². The zero-order valence-electron chi connectivity index (χ0n) is 7.67. The smallest absolute Gasteiger partial charge is 0.221 e. The number of rotatable bonds is 1. The lowest BCUT2D eigenvalue weighted by Gasteiger charge is -1.98. The van der Waals surface area contributed by atoms with Gasteiger partial charge in [-0.15, -0.1) is 0 Å². The fourth-order valence-electron chi connectivity index (χ4n) is 0.794. The lowest BCUT2D eigenvalue weighted by molar-refractivity contribution is -0.109. The minimum atomic E-state index is 0.403. The summed E-state index contributed by atoms with van der Waals surface area (Å²) in [7, 11) is 0. The summed E-state index contributed by atoms with van der Waals surface area (Å²) < 4.78 is 1.23. The molecule has 0 fully saturated rings. The fraction of sp³-hybridized carbons (Fsp3) is 0.222. The van der Waals surface area contributed by atoms with E-state index < -0.39 is 0 Å². The molecule has 0 radical (unpaired) electrons. The van der Waals surface area contributed by atoms with Crippen molar-refractivity contribution in [2.24, 2.45) is 5.84 Å². The van der Waals surface area contributed by atoms with Gasteiger partial charge in [0.05, 0.1) is 0 Å². The molecule has 1 amide bonds. The molecular weight excluding hydrogens is 232 g/mol. The van der Waals surface area contributed by atoms with Gasteiger partial charge in [-0.2, -0.15) is 0 Å². The van der Waals surface area contributed by atoms with Gasteiger partial charge in [0.2, 0.25) is 6.41 Å². The number of nitrogens with two attached hydrogens (primary N) is 1. The summed E-state index contributed by atoms with van der Waals surface area (Å²) >= 11 is 3.48. The Kier molecular flexibility index (Phi) is 6.18. The Hall–Kier alpha value is -0.870. The van der Waals surface area contributed by atoms with Crippen LogP contribution in [-0.2, 0) is 4.79 Å². The van der Waals surface area contributed by atoms with Gasteiger partial charge in [-0.3, -0.25) is 10.2 Å². The lowest BCUT2D eigenvalue weighted by Crippen LogP contribution is -2.18. The number of hydrogen-bond acceptors (Lipinski definition) is 2. The maximum Gasteiger partial charge on any atom is 0.221 e. The first-order valence-corrected chi connectivity index (χ1v) is 4.54. The normalized spacial score (nSPS) is 8.31. The number of carbonyl (C=O) groups is 1. The summed E-state index contributed by atoms with van der Waals surface area (Å²) in [6, 6.07) is 6.25. The van der Waals surface area contributed by atoms with Crippen LogP contribution >= 0.6 is 15.9 Å². The molecule has 3 N–H and O–H groups in total. The lowest BCUT2D eigenvalue weighted by atomic mass is 10.2. The highest BCUT2D eigenvalue weighted by Crippen LogP contribution is 2.19. The van der Waals surface area contributed by atoms with Crippen molar-refractivity contribution in [3.63, 3.8) is 0 Å². The van der Waals surface area contributed by atoms with Crippen molar-refractivity contribution in [3.8, 4) is 0 Å². The molecule has 1 aromatic carbocycles. The second kappa shape index (κ2) is 6.62. The molecule has 0 aromatic heterocycles. The van der Waals surface area contributed by atoms with E-state index in [1.807, 2.05) is 0 Å². The minimum Gasteiger partial charge on any atom is -0.297 e. The Morgan fingerprint density at radius 2 is 1.77 bits per heavy atom. The first kappa shape index (κ1) is 12.1. The minimum absolute atomic E-state index is 0.403. The SMILES string of the molecule is Cc1cccc(C)c1Br.NNC=O. The summed E-state index contributed by atoms with van der Waals surface area (Å²) in [6.45, 7) is 4.19. The van der Waals surface area contributed by atoms with Crippen LogP contribution in [0.2, 0.25) is 0 Å². The first-order valence-electron chi connectivity index (χ1n) is 3.75. The summed E-state index contributed by atoms with van der Waals surface area (Å²) in [5.74, 6) is 4.41. The van der Waals surface area contributed by atoms with Crippen molar-refractivity contribution >= 4 is 22.3 Å². The molecule has 0 atom stereocenters. The monoisotopic (exact) mass is 244 g/mol. The number of amides is 1. The second-order valence-corrected chi connectivity index (χ2v) is 3.28. The molecule has 0 unspecified atom stereocenters. The van der Waals surface area contributed by atoms with Gasteiger partial charge in [0.15, 0.2) is 0 Å². The number of aryl methyl sites for hydroxylation is 2. The van der Waals surface area contributed by atoms with Crippen LogP contribution in [0.1, 0.15) is 11.1 Å². The third-order valence-electron chi connectivity index (χ3n) is 1.45. The van der Waals surface area contributed by atoms with Crippen LogP contribution in [0.3, 0.4) is 0 Å². The molecule has 3 nitrogen and oxygen atoms in total. The van der Waals surface area contributed by atoms with Gasteiger partial charge < -0.3 is 0 Å². The third kappa shape index (κ3) is 4.65. The van der Waals surface area contributed by atoms with Gasteiger partial charge in [0.1, 0.15) is 0 Å². The van der Waals surface area contributed by atoms with Crippen molar-refractivity contribution in [2.75, 3.05) is 0 Å². The van der Waals surface area contributed by atoms with Crippen LogP contribution in [0.15, 0.2) is 22.7 Å². The van der Waals surface area contributed by atoms with Gasteiger partial charge in [0.25, 0.3) is 0 Å². The van der Waals surface area contributed by atoms with Gasteiger partial charge in [-0.1, -0.05) is 34.1 Å². The summed E-state index contributed by atoms with van der Waals surface area (Å²) in [6.07, 6.45) is 0.403. The van der Waals surface area contributed by atoms with Crippen molar-refractivity contribution < 1.29 is 4.79 Å². The Balaban J connectivity index is 0.000000310. The molecule has 0 aliphatic rings. The summed E-state index contributed by atoms with van der Waals surface area (Å²) in [5, 5.41) is 0.